The van der Waals surface area contributed by atoms with Gasteiger partial charge in [-0.2, -0.15) is 0 Å². The summed E-state index contributed by atoms with van der Waals surface area (Å²) < 4.78 is 0. The third kappa shape index (κ3) is 3.89. The van der Waals surface area contributed by atoms with Gasteiger partial charge in [0.25, 0.3) is 0 Å². The number of nitrogens with one attached hydrogen (secondary N) is 1. The first-order valence-electron chi connectivity index (χ1n) is 6.59. The van der Waals surface area contributed by atoms with E-state index in [0.29, 0.717) is 24.9 Å². The molecule has 1 fully saturated rings. The van der Waals surface area contributed by atoms with E-state index in [-0.39, 0.29) is 11.9 Å². The molecule has 0 aromatic heterocycles. The number of hydrogen-bond donors (Lipinski definition) is 2. The maximum absolute atomic E-state index is 12.1. The lowest BCUT2D eigenvalue weighted by Gasteiger charge is -2.35. The topological polar surface area (TPSA) is 69.6 Å². The molecule has 0 aromatic rings. The van der Waals surface area contributed by atoms with Gasteiger partial charge in [-0.05, 0) is 24.2 Å². The van der Waals surface area contributed by atoms with Crippen LogP contribution in [0.2, 0.25) is 0 Å². The summed E-state index contributed by atoms with van der Waals surface area (Å²) >= 11 is 0. The molecule has 0 radical (unpaired) electrons. The van der Waals surface area contributed by atoms with Gasteiger partial charge >= 0.3 is 12.0 Å². The zero-order chi connectivity index (χ0) is 13.9. The third-order valence-electron chi connectivity index (χ3n) is 3.37. The van der Waals surface area contributed by atoms with Gasteiger partial charge in [0.1, 0.15) is 6.04 Å². The van der Waals surface area contributed by atoms with Crippen molar-refractivity contribution in [3.8, 4) is 0 Å². The van der Waals surface area contributed by atoms with E-state index in [1.165, 1.54) is 0 Å². The summed E-state index contributed by atoms with van der Waals surface area (Å²) in [6.45, 7) is 9.24. The monoisotopic (exact) mass is 256 g/mol. The lowest BCUT2D eigenvalue weighted by Crippen LogP contribution is -2.53. The van der Waals surface area contributed by atoms with Crippen LogP contribution >= 0.6 is 0 Å². The highest BCUT2D eigenvalue weighted by molar-refractivity contribution is 5.82. The number of rotatable bonds is 3. The standard InChI is InChI=1S/C13H24N2O3/c1-8(2)11(12(16)17)14-13(18)15-6-9(3)5-10(4)7-15/h8-11H,5-7H2,1-4H3,(H,14,18)(H,16,17). The number of likely N-dealkylation sites (tertiary alicyclic amines) is 1. The Balaban J connectivity index is 2.61. The van der Waals surface area contributed by atoms with Crippen LogP contribution in [0.15, 0.2) is 0 Å². The van der Waals surface area contributed by atoms with E-state index in [1.807, 2.05) is 0 Å². The van der Waals surface area contributed by atoms with Crippen molar-refractivity contribution >= 4 is 12.0 Å². The molecule has 3 unspecified atom stereocenters. The van der Waals surface area contributed by atoms with Crippen molar-refractivity contribution in [3.05, 3.63) is 0 Å². The van der Waals surface area contributed by atoms with Crippen molar-refractivity contribution in [2.75, 3.05) is 13.1 Å². The molecule has 5 nitrogen and oxygen atoms in total. The van der Waals surface area contributed by atoms with Gasteiger partial charge < -0.3 is 15.3 Å². The second-order valence-electron chi connectivity index (χ2n) is 5.86. The van der Waals surface area contributed by atoms with Gasteiger partial charge in [0, 0.05) is 13.1 Å². The number of piperidine rings is 1. The van der Waals surface area contributed by atoms with Crippen LogP contribution < -0.4 is 5.32 Å². The highest BCUT2D eigenvalue weighted by atomic mass is 16.4. The fourth-order valence-corrected chi connectivity index (χ4v) is 2.57. The number of carboxylic acid groups (broad SMARTS) is 1. The average Bonchev–Trinajstić information content (AvgIpc) is 2.23. The Kier molecular flexibility index (Phi) is 4.99. The number of urea groups is 1. The van der Waals surface area contributed by atoms with Gasteiger partial charge in [0.15, 0.2) is 0 Å². The molecule has 0 aliphatic carbocycles. The Labute approximate surface area is 109 Å². The van der Waals surface area contributed by atoms with Crippen LogP contribution in [0.1, 0.15) is 34.1 Å². The second kappa shape index (κ2) is 6.07. The lowest BCUT2D eigenvalue weighted by molar-refractivity contribution is -0.140. The number of carbonyl (C=O) groups is 2. The Hall–Kier alpha value is -1.26. The average molecular weight is 256 g/mol. The van der Waals surface area contributed by atoms with Gasteiger partial charge in [0.2, 0.25) is 0 Å². The molecule has 104 valence electrons. The predicted molar refractivity (Wildman–Crippen MR) is 69.3 cm³/mol. The van der Waals surface area contributed by atoms with Crippen molar-refractivity contribution < 1.29 is 14.7 Å². The smallest absolute Gasteiger partial charge is 0.326 e. The van der Waals surface area contributed by atoms with E-state index in [2.05, 4.69) is 19.2 Å². The van der Waals surface area contributed by atoms with Gasteiger partial charge in [-0.25, -0.2) is 9.59 Å². The van der Waals surface area contributed by atoms with Gasteiger partial charge in [-0.3, -0.25) is 0 Å². The quantitative estimate of drug-likeness (QED) is 0.808. The highest BCUT2D eigenvalue weighted by Gasteiger charge is 2.29. The molecule has 3 atom stereocenters. The molecule has 1 aliphatic heterocycles. The summed E-state index contributed by atoms with van der Waals surface area (Å²) in [7, 11) is 0. The van der Waals surface area contributed by atoms with Gasteiger partial charge in [-0.15, -0.1) is 0 Å². The number of aliphatic carboxylic acids is 1. The van der Waals surface area contributed by atoms with Crippen LogP contribution in [0.4, 0.5) is 4.79 Å². The van der Waals surface area contributed by atoms with Crippen molar-refractivity contribution in [3.63, 3.8) is 0 Å². The molecular weight excluding hydrogens is 232 g/mol. The zero-order valence-corrected chi connectivity index (χ0v) is 11.6. The van der Waals surface area contributed by atoms with Crippen LogP contribution in [-0.4, -0.2) is 41.1 Å². The van der Waals surface area contributed by atoms with E-state index in [4.69, 9.17) is 5.11 Å². The molecule has 18 heavy (non-hydrogen) atoms. The number of hydrogen-bond acceptors (Lipinski definition) is 2. The summed E-state index contributed by atoms with van der Waals surface area (Å²) in [5, 5.41) is 11.7. The molecule has 1 aliphatic rings. The summed E-state index contributed by atoms with van der Waals surface area (Å²) in [4.78, 5) is 24.8. The molecule has 1 saturated heterocycles. The molecule has 0 bridgehead atoms. The molecule has 0 aromatic carbocycles. The van der Waals surface area contributed by atoms with Crippen molar-refractivity contribution in [2.45, 2.75) is 40.2 Å². The van der Waals surface area contributed by atoms with Crippen LogP contribution in [0.25, 0.3) is 0 Å². The Morgan fingerprint density at radius 1 is 1.22 bits per heavy atom. The van der Waals surface area contributed by atoms with E-state index >= 15 is 0 Å². The molecule has 1 rings (SSSR count). The van der Waals surface area contributed by atoms with Crippen LogP contribution in [0, 0.1) is 17.8 Å². The summed E-state index contributed by atoms with van der Waals surface area (Å²) in [5.41, 5.74) is 0. The van der Waals surface area contributed by atoms with E-state index < -0.39 is 12.0 Å². The van der Waals surface area contributed by atoms with Crippen molar-refractivity contribution in [1.82, 2.24) is 10.2 Å². The first kappa shape index (κ1) is 14.8. The number of carboxylic acids is 1. The fourth-order valence-electron chi connectivity index (χ4n) is 2.57. The van der Waals surface area contributed by atoms with Crippen molar-refractivity contribution in [2.24, 2.45) is 17.8 Å². The molecule has 5 heteroatoms. The van der Waals surface area contributed by atoms with E-state index in [1.54, 1.807) is 18.7 Å². The zero-order valence-electron chi connectivity index (χ0n) is 11.6. The van der Waals surface area contributed by atoms with Gasteiger partial charge in [0.05, 0.1) is 0 Å². The summed E-state index contributed by atoms with van der Waals surface area (Å²) in [5.74, 6) is -0.147. The first-order chi connectivity index (χ1) is 8.31. The predicted octanol–water partition coefficient (Wildman–Crippen LogP) is 1.78. The van der Waals surface area contributed by atoms with Crippen molar-refractivity contribution in [1.29, 1.82) is 0 Å². The third-order valence-corrected chi connectivity index (χ3v) is 3.37. The molecule has 0 saturated carbocycles. The van der Waals surface area contributed by atoms with E-state index in [0.717, 1.165) is 6.42 Å². The highest BCUT2D eigenvalue weighted by Crippen LogP contribution is 2.21. The SMILES string of the molecule is CC1CC(C)CN(C(=O)NC(C(=O)O)C(C)C)C1. The number of carbonyl (C=O) groups excluding carboxylic acids is 1. The number of nitrogens with zero attached hydrogens (tertiary/aromatic N) is 1. The molecule has 2 N–H and O–H groups in total. The molecule has 2 amide bonds. The number of amides is 2. The minimum Gasteiger partial charge on any atom is -0.480 e. The minimum atomic E-state index is -0.976. The molecule has 1 heterocycles. The van der Waals surface area contributed by atoms with Crippen LogP contribution in [0.3, 0.4) is 0 Å². The van der Waals surface area contributed by atoms with E-state index in [9.17, 15) is 9.59 Å². The second-order valence-corrected chi connectivity index (χ2v) is 5.86. The van der Waals surface area contributed by atoms with Gasteiger partial charge in [-0.1, -0.05) is 27.7 Å². The Bertz CT molecular complexity index is 307. The first-order valence-corrected chi connectivity index (χ1v) is 6.59. The molecular formula is C13H24N2O3. The lowest BCUT2D eigenvalue weighted by atomic mass is 9.92. The largest absolute Gasteiger partial charge is 0.480 e. The Morgan fingerprint density at radius 2 is 1.72 bits per heavy atom. The normalized spacial score (nSPS) is 25.9. The maximum Gasteiger partial charge on any atom is 0.326 e. The summed E-state index contributed by atoms with van der Waals surface area (Å²) in [6.07, 6.45) is 1.12. The van der Waals surface area contributed by atoms with Crippen LogP contribution in [-0.2, 0) is 4.79 Å². The minimum absolute atomic E-state index is 0.119. The summed E-state index contributed by atoms with van der Waals surface area (Å²) in [6, 6.07) is -1.07. The maximum atomic E-state index is 12.1. The van der Waals surface area contributed by atoms with Crippen LogP contribution in [0.5, 0.6) is 0 Å². The fraction of sp³-hybridized carbons (Fsp3) is 0.846. The Morgan fingerprint density at radius 3 is 2.11 bits per heavy atom. The molecule has 0 spiro atoms.